The lowest BCUT2D eigenvalue weighted by Gasteiger charge is -2.06. The summed E-state index contributed by atoms with van der Waals surface area (Å²) in [5.74, 6) is 0.107. The van der Waals surface area contributed by atoms with E-state index in [1.165, 1.54) is 0 Å². The van der Waals surface area contributed by atoms with E-state index in [2.05, 4.69) is 10.3 Å². The Kier molecular flexibility index (Phi) is 8.83. The Balaban J connectivity index is 1.89. The second-order valence-corrected chi connectivity index (χ2v) is 6.88. The van der Waals surface area contributed by atoms with Crippen molar-refractivity contribution in [3.05, 3.63) is 77.4 Å². The van der Waals surface area contributed by atoms with Gasteiger partial charge in [0.2, 0.25) is 5.91 Å². The lowest BCUT2D eigenvalue weighted by molar-refractivity contribution is -0.121. The van der Waals surface area contributed by atoms with Gasteiger partial charge in [0, 0.05) is 32.1 Å². The molecule has 0 heterocycles. The van der Waals surface area contributed by atoms with Crippen LogP contribution in [0.25, 0.3) is 0 Å². The number of amides is 1. The molecule has 2 rings (SSSR count). The average Bonchev–Trinajstić information content (AvgIpc) is 2.72. The van der Waals surface area contributed by atoms with Crippen LogP contribution in [0, 0.1) is 0 Å². The fourth-order valence-electron chi connectivity index (χ4n) is 2.88. The van der Waals surface area contributed by atoms with Gasteiger partial charge in [-0.3, -0.25) is 14.6 Å². The molecular weight excluding hydrogens is 362 g/mol. The van der Waals surface area contributed by atoms with Crippen LogP contribution in [-0.4, -0.2) is 24.4 Å². The van der Waals surface area contributed by atoms with Crippen molar-refractivity contribution >= 4 is 23.1 Å². The van der Waals surface area contributed by atoms with Gasteiger partial charge in [-0.1, -0.05) is 43.3 Å². The highest BCUT2D eigenvalue weighted by Crippen LogP contribution is 2.10. The first kappa shape index (κ1) is 22.1. The largest absolute Gasteiger partial charge is 0.399 e. The van der Waals surface area contributed by atoms with Gasteiger partial charge >= 0.3 is 0 Å². The monoisotopic (exact) mass is 391 g/mol. The van der Waals surface area contributed by atoms with E-state index in [1.807, 2.05) is 55.5 Å². The second-order valence-electron chi connectivity index (χ2n) is 6.88. The van der Waals surface area contributed by atoms with Gasteiger partial charge in [-0.25, -0.2) is 0 Å². The van der Waals surface area contributed by atoms with Crippen LogP contribution in [0.1, 0.15) is 42.9 Å². The molecule has 0 radical (unpaired) electrons. The summed E-state index contributed by atoms with van der Waals surface area (Å²) in [6.45, 7) is 2.49. The Bertz CT molecular complexity index is 883. The van der Waals surface area contributed by atoms with Crippen molar-refractivity contribution < 1.29 is 9.59 Å². The summed E-state index contributed by atoms with van der Waals surface area (Å²) in [6, 6.07) is 15.4. The zero-order valence-corrected chi connectivity index (χ0v) is 17.2. The Morgan fingerprint density at radius 1 is 1.03 bits per heavy atom. The molecule has 0 spiro atoms. The number of nitrogens with one attached hydrogen (secondary N) is 1. The number of benzene rings is 2. The number of rotatable bonds is 10. The zero-order chi connectivity index (χ0) is 21.1. The third kappa shape index (κ3) is 7.74. The molecule has 3 N–H and O–H groups in total. The maximum absolute atomic E-state index is 12.2. The van der Waals surface area contributed by atoms with E-state index in [4.69, 9.17) is 5.73 Å². The summed E-state index contributed by atoms with van der Waals surface area (Å²) < 4.78 is 0. The summed E-state index contributed by atoms with van der Waals surface area (Å²) in [5.41, 5.74) is 10.2. The van der Waals surface area contributed by atoms with Gasteiger partial charge in [-0.05, 0) is 53.8 Å². The summed E-state index contributed by atoms with van der Waals surface area (Å²) in [4.78, 5) is 28.0. The van der Waals surface area contributed by atoms with Gasteiger partial charge in [0.25, 0.3) is 0 Å². The van der Waals surface area contributed by atoms with Crippen LogP contribution in [0.2, 0.25) is 0 Å². The van der Waals surface area contributed by atoms with E-state index in [1.54, 1.807) is 19.2 Å². The first-order valence-corrected chi connectivity index (χ1v) is 9.90. The molecule has 0 fully saturated rings. The number of anilines is 1. The molecule has 0 aliphatic carbocycles. The number of nitrogens with two attached hydrogens (primary N) is 1. The molecule has 5 heteroatoms. The van der Waals surface area contributed by atoms with E-state index in [9.17, 15) is 9.59 Å². The number of allylic oxidation sites excluding steroid dienone is 2. The molecule has 0 unspecified atom stereocenters. The molecule has 0 bridgehead atoms. The topological polar surface area (TPSA) is 84.5 Å². The van der Waals surface area contributed by atoms with Crippen LogP contribution in [0.4, 0.5) is 5.69 Å². The first-order chi connectivity index (χ1) is 14.0. The predicted octanol–water partition coefficient (Wildman–Crippen LogP) is 3.86. The third-order valence-corrected chi connectivity index (χ3v) is 4.50. The van der Waals surface area contributed by atoms with Crippen molar-refractivity contribution in [3.8, 4) is 0 Å². The molecule has 0 aromatic heterocycles. The van der Waals surface area contributed by atoms with Crippen LogP contribution in [-0.2, 0) is 22.6 Å². The lowest BCUT2D eigenvalue weighted by Crippen LogP contribution is -2.22. The third-order valence-electron chi connectivity index (χ3n) is 4.50. The molecule has 0 atom stereocenters. The number of carbonyl (C=O) groups is 2. The highest BCUT2D eigenvalue weighted by Gasteiger charge is 2.04. The Labute approximate surface area is 172 Å². The summed E-state index contributed by atoms with van der Waals surface area (Å²) in [6.07, 6.45) is 5.79. The standard InChI is InChI=1S/C24H29N3O2/c1-3-5-24(29)27-17-19-8-11-20(12-9-19)23(26-2)15-14-22(28)13-10-18-6-4-7-21(25)16-18/h4,6-9,11-12,14-16H,3,5,10,13,17,25H2,1-2H3,(H,27,29)/b15-14-,26-23?. The molecule has 0 saturated heterocycles. The van der Waals surface area contributed by atoms with Crippen molar-refractivity contribution in [2.24, 2.45) is 4.99 Å². The molecule has 5 nitrogen and oxygen atoms in total. The number of hydrogen-bond acceptors (Lipinski definition) is 4. The van der Waals surface area contributed by atoms with Crippen LogP contribution < -0.4 is 11.1 Å². The Hall–Kier alpha value is -3.21. The van der Waals surface area contributed by atoms with Crippen LogP contribution in [0.15, 0.2) is 65.7 Å². The van der Waals surface area contributed by atoms with Crippen molar-refractivity contribution in [2.45, 2.75) is 39.2 Å². The first-order valence-electron chi connectivity index (χ1n) is 9.90. The molecule has 152 valence electrons. The van der Waals surface area contributed by atoms with Crippen molar-refractivity contribution in [2.75, 3.05) is 12.8 Å². The SMILES string of the molecule is CCCC(=O)NCc1ccc(C(/C=C\C(=O)CCc2cccc(N)c2)=NC)cc1. The van der Waals surface area contributed by atoms with Gasteiger partial charge in [-0.15, -0.1) is 0 Å². The Morgan fingerprint density at radius 3 is 2.45 bits per heavy atom. The number of aryl methyl sites for hydroxylation is 1. The quantitative estimate of drug-likeness (QED) is 0.366. The summed E-state index contributed by atoms with van der Waals surface area (Å²) in [7, 11) is 1.70. The van der Waals surface area contributed by atoms with E-state index in [-0.39, 0.29) is 11.7 Å². The van der Waals surface area contributed by atoms with Crippen molar-refractivity contribution in [1.29, 1.82) is 0 Å². The maximum Gasteiger partial charge on any atom is 0.220 e. The number of ketones is 1. The van der Waals surface area contributed by atoms with Gasteiger partial charge in [0.15, 0.2) is 5.78 Å². The van der Waals surface area contributed by atoms with Gasteiger partial charge in [0.05, 0.1) is 5.71 Å². The highest BCUT2D eigenvalue weighted by atomic mass is 16.1. The molecule has 2 aromatic carbocycles. The fraction of sp³-hybridized carbons (Fsp3) is 0.292. The van der Waals surface area contributed by atoms with Crippen molar-refractivity contribution in [3.63, 3.8) is 0 Å². The number of hydrogen-bond donors (Lipinski definition) is 2. The lowest BCUT2D eigenvalue weighted by atomic mass is 10.0. The minimum absolute atomic E-state index is 0.0452. The molecule has 1 amide bonds. The smallest absolute Gasteiger partial charge is 0.220 e. The predicted molar refractivity (Wildman–Crippen MR) is 119 cm³/mol. The van der Waals surface area contributed by atoms with E-state index in [0.717, 1.165) is 28.8 Å². The fourth-order valence-corrected chi connectivity index (χ4v) is 2.88. The van der Waals surface area contributed by atoms with Crippen molar-refractivity contribution in [1.82, 2.24) is 5.32 Å². The minimum atomic E-state index is 0.0452. The highest BCUT2D eigenvalue weighted by molar-refractivity contribution is 6.11. The molecule has 29 heavy (non-hydrogen) atoms. The van der Waals surface area contributed by atoms with E-state index >= 15 is 0 Å². The van der Waals surface area contributed by atoms with E-state index in [0.29, 0.717) is 31.5 Å². The molecule has 0 saturated carbocycles. The molecular formula is C24H29N3O2. The summed E-state index contributed by atoms with van der Waals surface area (Å²) >= 11 is 0. The van der Waals surface area contributed by atoms with Crippen LogP contribution in [0.3, 0.4) is 0 Å². The molecule has 0 aliphatic rings. The molecule has 2 aromatic rings. The summed E-state index contributed by atoms with van der Waals surface area (Å²) in [5, 5.41) is 2.90. The number of nitrogens with zero attached hydrogens (tertiary/aromatic N) is 1. The van der Waals surface area contributed by atoms with Gasteiger partial charge < -0.3 is 11.1 Å². The number of aliphatic imine (C=N–C) groups is 1. The van der Waals surface area contributed by atoms with E-state index < -0.39 is 0 Å². The maximum atomic E-state index is 12.2. The Morgan fingerprint density at radius 2 is 1.79 bits per heavy atom. The van der Waals surface area contributed by atoms with Gasteiger partial charge in [-0.2, -0.15) is 0 Å². The average molecular weight is 392 g/mol. The second kappa shape index (κ2) is 11.6. The van der Waals surface area contributed by atoms with Crippen LogP contribution >= 0.6 is 0 Å². The zero-order valence-electron chi connectivity index (χ0n) is 17.2. The number of nitrogen functional groups attached to an aromatic ring is 1. The molecule has 0 aliphatic heterocycles. The van der Waals surface area contributed by atoms with Gasteiger partial charge in [0.1, 0.15) is 0 Å². The number of carbonyl (C=O) groups excluding carboxylic acids is 2. The normalized spacial score (nSPS) is 11.6. The minimum Gasteiger partial charge on any atom is -0.399 e. The van der Waals surface area contributed by atoms with Crippen LogP contribution in [0.5, 0.6) is 0 Å².